The summed E-state index contributed by atoms with van der Waals surface area (Å²) in [7, 11) is 0. The van der Waals surface area contributed by atoms with Gasteiger partial charge in [-0.1, -0.05) is 32.6 Å². The molecule has 3 aromatic rings. The first-order valence-electron chi connectivity index (χ1n) is 14.1. The minimum Gasteiger partial charge on any atom is -0.494 e. The van der Waals surface area contributed by atoms with Gasteiger partial charge in [0, 0.05) is 12.5 Å². The third-order valence-corrected chi connectivity index (χ3v) is 6.39. The van der Waals surface area contributed by atoms with Gasteiger partial charge in [0.2, 0.25) is 0 Å². The van der Waals surface area contributed by atoms with Crippen molar-refractivity contribution in [3.63, 3.8) is 0 Å². The van der Waals surface area contributed by atoms with Gasteiger partial charge in [-0.25, -0.2) is 14.4 Å². The number of ether oxygens (including phenoxy) is 5. The topological polar surface area (TPSA) is 114 Å². The zero-order valence-electron chi connectivity index (χ0n) is 24.4. The van der Waals surface area contributed by atoms with Crippen molar-refractivity contribution in [2.24, 2.45) is 5.92 Å². The molecular weight excluding hydrogens is 552 g/mol. The number of hydrogen-bond donors (Lipinski definition) is 0. The van der Waals surface area contributed by atoms with E-state index in [1.807, 2.05) is 13.8 Å². The lowest BCUT2D eigenvalue weighted by atomic mass is 10.1. The maximum Gasteiger partial charge on any atom is 0.343 e. The van der Waals surface area contributed by atoms with Gasteiger partial charge in [0.05, 0.1) is 36.9 Å². The Morgan fingerprint density at radius 3 is 1.74 bits per heavy atom. The van der Waals surface area contributed by atoms with Crippen LogP contribution in [0.4, 0.5) is 0 Å². The summed E-state index contributed by atoms with van der Waals surface area (Å²) in [4.78, 5) is 47.9. The van der Waals surface area contributed by atoms with E-state index < -0.39 is 17.9 Å². The number of esters is 4. The summed E-state index contributed by atoms with van der Waals surface area (Å²) < 4.78 is 26.7. The number of carbonyl (C=O) groups excluding carboxylic acids is 4. The third kappa shape index (κ3) is 11.1. The molecule has 0 amide bonds. The van der Waals surface area contributed by atoms with Gasteiger partial charge in [-0.2, -0.15) is 0 Å². The van der Waals surface area contributed by atoms with E-state index in [0.29, 0.717) is 43.1 Å². The summed E-state index contributed by atoms with van der Waals surface area (Å²) in [6.45, 7) is 8.19. The molecule has 0 aromatic heterocycles. The van der Waals surface area contributed by atoms with Crippen molar-refractivity contribution in [2.75, 3.05) is 19.8 Å². The molecule has 0 aliphatic carbocycles. The molecule has 0 aliphatic rings. The normalized spacial score (nSPS) is 11.1. The monoisotopic (exact) mass is 588 g/mol. The molecule has 0 spiro atoms. The van der Waals surface area contributed by atoms with Crippen LogP contribution in [0.15, 0.2) is 85.5 Å². The van der Waals surface area contributed by atoms with Crippen LogP contribution in [-0.2, 0) is 25.5 Å². The van der Waals surface area contributed by atoms with E-state index in [9.17, 15) is 19.2 Å². The molecule has 3 aromatic carbocycles. The van der Waals surface area contributed by atoms with Gasteiger partial charge < -0.3 is 23.7 Å². The first-order chi connectivity index (χ1) is 20.8. The fraction of sp³-hybridized carbons (Fsp3) is 0.294. The van der Waals surface area contributed by atoms with Crippen molar-refractivity contribution in [1.82, 2.24) is 0 Å². The molecular formula is C34H36O9. The van der Waals surface area contributed by atoms with Crippen molar-refractivity contribution < 1.29 is 42.9 Å². The molecule has 43 heavy (non-hydrogen) atoms. The second-order valence-electron chi connectivity index (χ2n) is 9.63. The standard InChI is InChI=1S/C34H36O9/c1-4-24(3)32(36)41-22-7-6-21-39-28-16-10-26(11-17-28)33(37)43-30-18-12-27(13-19-30)34(38)42-29-14-8-25(9-15-29)20-23-40-31(35)5-2/h5,8-19,24H,2,4,6-7,20-23H2,1,3H3. The first kappa shape index (κ1) is 32.6. The third-order valence-electron chi connectivity index (χ3n) is 6.39. The minimum absolute atomic E-state index is 0.0872. The first-order valence-corrected chi connectivity index (χ1v) is 14.1. The second-order valence-corrected chi connectivity index (χ2v) is 9.63. The molecule has 0 saturated carbocycles. The number of rotatable bonds is 16. The van der Waals surface area contributed by atoms with E-state index >= 15 is 0 Å². The summed E-state index contributed by atoms with van der Waals surface area (Å²) in [5.74, 6) is -0.604. The molecule has 9 nitrogen and oxygen atoms in total. The lowest BCUT2D eigenvalue weighted by molar-refractivity contribution is -0.148. The van der Waals surface area contributed by atoms with Crippen LogP contribution in [-0.4, -0.2) is 43.7 Å². The number of hydrogen-bond acceptors (Lipinski definition) is 9. The molecule has 9 heteroatoms. The lowest BCUT2D eigenvalue weighted by Gasteiger charge is -2.10. The Kier molecular flexibility index (Phi) is 13.0. The zero-order valence-corrected chi connectivity index (χ0v) is 24.4. The molecule has 0 fully saturated rings. The molecule has 0 heterocycles. The lowest BCUT2D eigenvalue weighted by Crippen LogP contribution is -2.15. The van der Waals surface area contributed by atoms with Gasteiger partial charge in [-0.3, -0.25) is 4.79 Å². The van der Waals surface area contributed by atoms with Gasteiger partial charge >= 0.3 is 23.9 Å². The summed E-state index contributed by atoms with van der Waals surface area (Å²) in [5.41, 5.74) is 1.55. The predicted octanol–water partition coefficient (Wildman–Crippen LogP) is 6.15. The molecule has 226 valence electrons. The predicted molar refractivity (Wildman–Crippen MR) is 159 cm³/mol. The zero-order chi connectivity index (χ0) is 31.0. The maximum atomic E-state index is 12.6. The Hall–Kier alpha value is -4.92. The summed E-state index contributed by atoms with van der Waals surface area (Å²) in [6, 6.07) is 19.5. The Labute approximate surface area is 251 Å². The Morgan fingerprint density at radius 1 is 0.698 bits per heavy atom. The average Bonchev–Trinajstić information content (AvgIpc) is 3.03. The van der Waals surface area contributed by atoms with E-state index in [0.717, 1.165) is 24.5 Å². The van der Waals surface area contributed by atoms with E-state index in [-0.39, 0.29) is 29.8 Å². The van der Waals surface area contributed by atoms with Crippen LogP contribution in [0.1, 0.15) is 59.4 Å². The molecule has 1 atom stereocenters. The second kappa shape index (κ2) is 17.1. The highest BCUT2D eigenvalue weighted by molar-refractivity contribution is 5.92. The van der Waals surface area contributed by atoms with E-state index in [2.05, 4.69) is 6.58 Å². The van der Waals surface area contributed by atoms with Gasteiger partial charge in [0.15, 0.2) is 0 Å². The SMILES string of the molecule is C=CC(=O)OCCc1ccc(OC(=O)c2ccc(OC(=O)c3ccc(OCCCCOC(=O)C(C)CC)cc3)cc2)cc1. The van der Waals surface area contributed by atoms with Gasteiger partial charge in [0.25, 0.3) is 0 Å². The molecule has 0 aliphatic heterocycles. The van der Waals surface area contributed by atoms with Crippen LogP contribution in [0.25, 0.3) is 0 Å². The van der Waals surface area contributed by atoms with Gasteiger partial charge in [0.1, 0.15) is 17.2 Å². The van der Waals surface area contributed by atoms with Crippen molar-refractivity contribution in [2.45, 2.75) is 39.5 Å². The van der Waals surface area contributed by atoms with Crippen molar-refractivity contribution in [1.29, 1.82) is 0 Å². The Bertz CT molecular complexity index is 1360. The Morgan fingerprint density at radius 2 is 1.21 bits per heavy atom. The van der Waals surface area contributed by atoms with Gasteiger partial charge in [-0.15, -0.1) is 0 Å². The largest absolute Gasteiger partial charge is 0.494 e. The maximum absolute atomic E-state index is 12.6. The van der Waals surface area contributed by atoms with Crippen molar-refractivity contribution >= 4 is 23.9 Å². The van der Waals surface area contributed by atoms with Crippen LogP contribution >= 0.6 is 0 Å². The van der Waals surface area contributed by atoms with Crippen LogP contribution < -0.4 is 14.2 Å². The fourth-order valence-corrected chi connectivity index (χ4v) is 3.61. The summed E-state index contributed by atoms with van der Waals surface area (Å²) in [5, 5.41) is 0. The molecule has 0 bridgehead atoms. The molecule has 0 saturated heterocycles. The van der Waals surface area contributed by atoms with E-state index in [4.69, 9.17) is 23.7 Å². The Balaban J connectivity index is 1.39. The fourth-order valence-electron chi connectivity index (χ4n) is 3.61. The number of benzene rings is 3. The smallest absolute Gasteiger partial charge is 0.343 e. The summed E-state index contributed by atoms with van der Waals surface area (Å²) >= 11 is 0. The van der Waals surface area contributed by atoms with Crippen LogP contribution in [0.3, 0.4) is 0 Å². The van der Waals surface area contributed by atoms with Crippen molar-refractivity contribution in [3.8, 4) is 17.2 Å². The molecule has 3 rings (SSSR count). The van der Waals surface area contributed by atoms with Crippen LogP contribution in [0.2, 0.25) is 0 Å². The number of carbonyl (C=O) groups is 4. The van der Waals surface area contributed by atoms with Crippen molar-refractivity contribution in [3.05, 3.63) is 102 Å². The number of unbranched alkanes of at least 4 members (excludes halogenated alkanes) is 1. The van der Waals surface area contributed by atoms with E-state index in [1.54, 1.807) is 48.5 Å². The van der Waals surface area contributed by atoms with Crippen LogP contribution in [0.5, 0.6) is 17.2 Å². The summed E-state index contributed by atoms with van der Waals surface area (Å²) in [6.07, 6.45) is 3.81. The molecule has 0 N–H and O–H groups in total. The highest BCUT2D eigenvalue weighted by Crippen LogP contribution is 2.19. The van der Waals surface area contributed by atoms with Crippen LogP contribution in [0, 0.1) is 5.92 Å². The molecule has 0 radical (unpaired) electrons. The van der Waals surface area contributed by atoms with E-state index in [1.165, 1.54) is 24.3 Å². The highest BCUT2D eigenvalue weighted by Gasteiger charge is 2.13. The highest BCUT2D eigenvalue weighted by atomic mass is 16.5. The minimum atomic E-state index is -0.562. The quantitative estimate of drug-likeness (QED) is 0.0842. The average molecular weight is 589 g/mol. The van der Waals surface area contributed by atoms with Gasteiger partial charge in [-0.05, 0) is 85.5 Å². The molecule has 1 unspecified atom stereocenters.